The van der Waals surface area contributed by atoms with Crippen molar-refractivity contribution in [1.82, 2.24) is 4.90 Å². The molecule has 0 radical (unpaired) electrons. The molecule has 1 aromatic carbocycles. The van der Waals surface area contributed by atoms with Gasteiger partial charge in [-0.05, 0) is 50.2 Å². The van der Waals surface area contributed by atoms with Crippen molar-refractivity contribution in [2.75, 3.05) is 13.2 Å². The van der Waals surface area contributed by atoms with Crippen molar-refractivity contribution >= 4 is 16.0 Å². The summed E-state index contributed by atoms with van der Waals surface area (Å²) in [5.74, 6) is 0. The highest BCUT2D eigenvalue weighted by Gasteiger charge is 2.51. The predicted octanol–water partition coefficient (Wildman–Crippen LogP) is 2.31. The maximum atomic E-state index is 12.5. The minimum Gasteiger partial charge on any atom is -0.462 e. The van der Waals surface area contributed by atoms with Gasteiger partial charge in [-0.2, -0.15) is 8.42 Å². The number of hydrogen-bond acceptors (Lipinski definition) is 3. The topological polar surface area (TPSA) is 59.0 Å². The number of aryl methyl sites for hydroxylation is 1. The van der Waals surface area contributed by atoms with E-state index in [9.17, 15) is 8.42 Å². The lowest BCUT2D eigenvalue weighted by atomic mass is 9.91. The Labute approximate surface area is 131 Å². The van der Waals surface area contributed by atoms with Crippen molar-refractivity contribution in [3.63, 3.8) is 0 Å². The number of piperidine rings is 1. The molecule has 22 heavy (non-hydrogen) atoms. The SMILES string of the molecule is Cc1ccc(S(=O)(=O)/N=C2/OCC3CCC4(CC4)CN23)cc1. The van der Waals surface area contributed by atoms with Gasteiger partial charge in [-0.25, -0.2) is 0 Å². The maximum Gasteiger partial charge on any atom is 0.303 e. The minimum atomic E-state index is -3.71. The molecule has 6 heteroatoms. The Balaban J connectivity index is 1.62. The van der Waals surface area contributed by atoms with Crippen molar-refractivity contribution in [2.24, 2.45) is 9.81 Å². The highest BCUT2D eigenvalue weighted by atomic mass is 32.2. The van der Waals surface area contributed by atoms with E-state index in [2.05, 4.69) is 9.30 Å². The molecule has 2 aliphatic heterocycles. The van der Waals surface area contributed by atoms with Gasteiger partial charge in [-0.3, -0.25) is 0 Å². The summed E-state index contributed by atoms with van der Waals surface area (Å²) in [6.07, 6.45) is 4.79. The minimum absolute atomic E-state index is 0.218. The fourth-order valence-corrected chi connectivity index (χ4v) is 4.33. The van der Waals surface area contributed by atoms with E-state index < -0.39 is 10.0 Å². The first-order chi connectivity index (χ1) is 10.5. The van der Waals surface area contributed by atoms with Gasteiger partial charge in [-0.1, -0.05) is 17.7 Å². The van der Waals surface area contributed by atoms with Gasteiger partial charge in [0.25, 0.3) is 10.0 Å². The summed E-state index contributed by atoms with van der Waals surface area (Å²) in [6, 6.07) is 7.34. The Morgan fingerprint density at radius 3 is 2.64 bits per heavy atom. The Hall–Kier alpha value is -1.56. The van der Waals surface area contributed by atoms with Crippen LogP contribution in [0.4, 0.5) is 0 Å². The van der Waals surface area contributed by atoms with Gasteiger partial charge in [0.15, 0.2) is 0 Å². The molecule has 3 fully saturated rings. The monoisotopic (exact) mass is 320 g/mol. The molecule has 1 unspecified atom stereocenters. The molecule has 2 heterocycles. The fraction of sp³-hybridized carbons (Fsp3) is 0.562. The number of amidine groups is 1. The van der Waals surface area contributed by atoms with Gasteiger partial charge in [0.05, 0.1) is 10.9 Å². The summed E-state index contributed by atoms with van der Waals surface area (Å²) in [5, 5.41) is 0. The van der Waals surface area contributed by atoms with E-state index >= 15 is 0 Å². The molecule has 0 amide bonds. The quantitative estimate of drug-likeness (QED) is 0.839. The molecule has 0 bridgehead atoms. The molecule has 1 atom stereocenters. The van der Waals surface area contributed by atoms with Crippen LogP contribution in [0.1, 0.15) is 31.2 Å². The molecule has 0 aromatic heterocycles. The molecule has 1 aromatic rings. The van der Waals surface area contributed by atoms with Crippen LogP contribution >= 0.6 is 0 Å². The van der Waals surface area contributed by atoms with Crippen LogP contribution in [-0.2, 0) is 14.8 Å². The third kappa shape index (κ3) is 2.39. The first kappa shape index (κ1) is 14.1. The second kappa shape index (κ2) is 4.72. The third-order valence-electron chi connectivity index (χ3n) is 5.08. The second-order valence-corrected chi connectivity index (χ2v) is 8.40. The summed E-state index contributed by atoms with van der Waals surface area (Å²) in [7, 11) is -3.71. The molecule has 118 valence electrons. The molecule has 5 nitrogen and oxygen atoms in total. The number of ether oxygens (including phenoxy) is 1. The zero-order valence-electron chi connectivity index (χ0n) is 12.7. The van der Waals surface area contributed by atoms with Gasteiger partial charge < -0.3 is 9.64 Å². The summed E-state index contributed by atoms with van der Waals surface area (Å²) < 4.78 is 34.5. The van der Waals surface area contributed by atoms with Crippen LogP contribution in [0.5, 0.6) is 0 Å². The Morgan fingerprint density at radius 2 is 1.95 bits per heavy atom. The van der Waals surface area contributed by atoms with E-state index in [0.717, 1.165) is 18.5 Å². The van der Waals surface area contributed by atoms with Crippen LogP contribution in [0, 0.1) is 12.3 Å². The second-order valence-electron chi connectivity index (χ2n) is 6.79. The first-order valence-electron chi connectivity index (χ1n) is 7.79. The van der Waals surface area contributed by atoms with Gasteiger partial charge in [0.2, 0.25) is 0 Å². The molecule has 3 aliphatic rings. The van der Waals surface area contributed by atoms with Crippen LogP contribution in [0.15, 0.2) is 33.6 Å². The number of fused-ring (bicyclic) bond motifs is 1. The summed E-state index contributed by atoms with van der Waals surface area (Å²) >= 11 is 0. The van der Waals surface area contributed by atoms with Crippen molar-refractivity contribution in [3.05, 3.63) is 29.8 Å². The molecule has 1 saturated carbocycles. The fourth-order valence-electron chi connectivity index (χ4n) is 3.38. The van der Waals surface area contributed by atoms with Gasteiger partial charge in [0, 0.05) is 6.54 Å². The highest BCUT2D eigenvalue weighted by Crippen LogP contribution is 2.53. The van der Waals surface area contributed by atoms with Crippen LogP contribution in [0.2, 0.25) is 0 Å². The standard InChI is InChI=1S/C16H20N2O3S/c1-12-2-4-14(5-3-12)22(19,20)17-15-18-11-16(8-9-16)7-6-13(18)10-21-15/h2-5,13H,6-11H2,1H3/b17-15+. The molecule has 2 saturated heterocycles. The van der Waals surface area contributed by atoms with Gasteiger partial charge in [-0.15, -0.1) is 4.40 Å². The molecule has 1 aliphatic carbocycles. The van der Waals surface area contributed by atoms with Crippen LogP contribution in [0.25, 0.3) is 0 Å². The largest absolute Gasteiger partial charge is 0.462 e. The van der Waals surface area contributed by atoms with Crippen LogP contribution in [-0.4, -0.2) is 38.5 Å². The number of sulfonamides is 1. The zero-order chi connectivity index (χ0) is 15.4. The molecular weight excluding hydrogens is 300 g/mol. The first-order valence-corrected chi connectivity index (χ1v) is 9.23. The van der Waals surface area contributed by atoms with E-state index in [1.165, 1.54) is 19.3 Å². The molecular formula is C16H20N2O3S. The summed E-state index contributed by atoms with van der Waals surface area (Å²) in [6.45, 7) is 3.37. The van der Waals surface area contributed by atoms with E-state index in [0.29, 0.717) is 12.0 Å². The predicted molar refractivity (Wildman–Crippen MR) is 83.1 cm³/mol. The van der Waals surface area contributed by atoms with Crippen molar-refractivity contribution in [3.8, 4) is 0 Å². The van der Waals surface area contributed by atoms with E-state index in [4.69, 9.17) is 4.74 Å². The Morgan fingerprint density at radius 1 is 1.23 bits per heavy atom. The average molecular weight is 320 g/mol. The number of rotatable bonds is 2. The van der Waals surface area contributed by atoms with Crippen LogP contribution < -0.4 is 0 Å². The molecule has 1 spiro atoms. The Bertz CT molecular complexity index is 720. The average Bonchev–Trinajstić information content (AvgIpc) is 3.13. The van der Waals surface area contributed by atoms with Crippen LogP contribution in [0.3, 0.4) is 0 Å². The summed E-state index contributed by atoms with van der Waals surface area (Å²) in [4.78, 5) is 2.29. The molecule has 4 rings (SSSR count). The van der Waals surface area contributed by atoms with E-state index in [1.54, 1.807) is 24.3 Å². The number of hydrogen-bond donors (Lipinski definition) is 0. The third-order valence-corrected chi connectivity index (χ3v) is 6.34. The lowest BCUT2D eigenvalue weighted by Gasteiger charge is -2.34. The molecule has 0 N–H and O–H groups in total. The lowest BCUT2D eigenvalue weighted by Crippen LogP contribution is -2.43. The maximum absolute atomic E-state index is 12.5. The highest BCUT2D eigenvalue weighted by molar-refractivity contribution is 7.90. The van der Waals surface area contributed by atoms with Crippen molar-refractivity contribution in [2.45, 2.75) is 43.5 Å². The van der Waals surface area contributed by atoms with Gasteiger partial charge in [0.1, 0.15) is 6.61 Å². The van der Waals surface area contributed by atoms with Gasteiger partial charge >= 0.3 is 6.02 Å². The van der Waals surface area contributed by atoms with Crippen molar-refractivity contribution in [1.29, 1.82) is 0 Å². The van der Waals surface area contributed by atoms with E-state index in [1.807, 2.05) is 6.92 Å². The van der Waals surface area contributed by atoms with E-state index in [-0.39, 0.29) is 17.0 Å². The summed E-state index contributed by atoms with van der Waals surface area (Å²) in [5.41, 5.74) is 1.42. The lowest BCUT2D eigenvalue weighted by molar-refractivity contribution is 0.188. The normalized spacial score (nSPS) is 27.8. The smallest absolute Gasteiger partial charge is 0.303 e. The van der Waals surface area contributed by atoms with Crippen molar-refractivity contribution < 1.29 is 13.2 Å². The number of nitrogens with zero attached hydrogens (tertiary/aromatic N) is 2. The Kier molecular flexibility index (Phi) is 3.01. The zero-order valence-corrected chi connectivity index (χ0v) is 13.5. The number of benzene rings is 1.